The van der Waals surface area contributed by atoms with E-state index in [-0.39, 0.29) is 5.43 Å². The predicted octanol–water partition coefficient (Wildman–Crippen LogP) is 4.02. The Bertz CT molecular complexity index is 1100. The van der Waals surface area contributed by atoms with E-state index < -0.39 is 0 Å². The van der Waals surface area contributed by atoms with Crippen molar-refractivity contribution in [1.82, 2.24) is 4.98 Å². The molecule has 4 rings (SSSR count). The molecule has 24 heavy (non-hydrogen) atoms. The first-order valence-corrected chi connectivity index (χ1v) is 8.58. The predicted molar refractivity (Wildman–Crippen MR) is 101 cm³/mol. The summed E-state index contributed by atoms with van der Waals surface area (Å²) >= 11 is 1.60. The lowest BCUT2D eigenvalue weighted by Gasteiger charge is -2.11. The number of hydrogen-bond donors (Lipinski definition) is 1. The monoisotopic (exact) mass is 336 g/mol. The summed E-state index contributed by atoms with van der Waals surface area (Å²) in [5, 5.41) is 5.71. The fourth-order valence-electron chi connectivity index (χ4n) is 2.90. The molecule has 0 atom stereocenters. The van der Waals surface area contributed by atoms with E-state index in [1.807, 2.05) is 48.5 Å². The number of para-hydroxylation sites is 1. The number of ether oxygens (including phenoxy) is 1. The van der Waals surface area contributed by atoms with Gasteiger partial charge in [-0.25, -0.2) is 4.98 Å². The zero-order valence-electron chi connectivity index (χ0n) is 13.2. The lowest BCUT2D eigenvalue weighted by molar-refractivity contribution is 0.210. The molecule has 5 heteroatoms. The number of anilines is 1. The summed E-state index contributed by atoms with van der Waals surface area (Å²) in [5.74, 6) is 0.744. The highest BCUT2D eigenvalue weighted by Gasteiger charge is 2.14. The van der Waals surface area contributed by atoms with Crippen LogP contribution in [0.3, 0.4) is 0 Å². The van der Waals surface area contributed by atoms with Crippen LogP contribution in [-0.4, -0.2) is 25.2 Å². The van der Waals surface area contributed by atoms with Gasteiger partial charge in [0.1, 0.15) is 5.82 Å². The van der Waals surface area contributed by atoms with Gasteiger partial charge in [0.15, 0.2) is 5.43 Å². The zero-order chi connectivity index (χ0) is 16.5. The Morgan fingerprint density at radius 2 is 1.83 bits per heavy atom. The quantitative estimate of drug-likeness (QED) is 0.347. The van der Waals surface area contributed by atoms with E-state index in [1.54, 1.807) is 18.4 Å². The van der Waals surface area contributed by atoms with Gasteiger partial charge < -0.3 is 10.1 Å². The number of hydrogen-bond acceptors (Lipinski definition) is 5. The minimum absolute atomic E-state index is 0.0627. The van der Waals surface area contributed by atoms with Crippen LogP contribution in [0, 0.1) is 0 Å². The number of nitrogens with zero attached hydrogens (tertiary/aromatic N) is 1. The molecule has 2 aromatic heterocycles. The van der Waals surface area contributed by atoms with Crippen molar-refractivity contribution in [3.8, 4) is 0 Å². The highest BCUT2D eigenvalue weighted by molar-refractivity contribution is 7.25. The van der Waals surface area contributed by atoms with Gasteiger partial charge in [0.05, 0.1) is 22.2 Å². The number of pyridine rings is 1. The van der Waals surface area contributed by atoms with Crippen molar-refractivity contribution in [2.75, 3.05) is 25.6 Å². The van der Waals surface area contributed by atoms with Gasteiger partial charge in [0.25, 0.3) is 0 Å². The summed E-state index contributed by atoms with van der Waals surface area (Å²) in [6, 6.07) is 15.5. The van der Waals surface area contributed by atoms with E-state index in [0.29, 0.717) is 13.2 Å². The average Bonchev–Trinajstić information content (AvgIpc) is 2.62. The topological polar surface area (TPSA) is 51.2 Å². The van der Waals surface area contributed by atoms with Crippen molar-refractivity contribution in [3.05, 3.63) is 58.8 Å². The minimum atomic E-state index is 0.0627. The average molecular weight is 336 g/mol. The molecule has 2 aromatic carbocycles. The normalized spacial score (nSPS) is 11.4. The van der Waals surface area contributed by atoms with Crippen molar-refractivity contribution in [3.63, 3.8) is 0 Å². The van der Waals surface area contributed by atoms with Crippen LogP contribution in [-0.2, 0) is 4.74 Å². The van der Waals surface area contributed by atoms with E-state index in [9.17, 15) is 4.79 Å². The standard InChI is InChI=1S/C19H16N2O2S/c1-23-11-10-20-19-18-16(12-6-2-4-8-14(12)21-19)17(22)13-7-3-5-9-15(13)24-18/h2-9H,10-11H2,1H3,(H,20,21). The van der Waals surface area contributed by atoms with Gasteiger partial charge in [-0.1, -0.05) is 30.3 Å². The number of rotatable bonds is 4. The number of nitrogens with one attached hydrogen (secondary N) is 1. The fourth-order valence-corrected chi connectivity index (χ4v) is 4.05. The summed E-state index contributed by atoms with van der Waals surface area (Å²) in [7, 11) is 1.67. The summed E-state index contributed by atoms with van der Waals surface area (Å²) in [6.07, 6.45) is 0. The van der Waals surface area contributed by atoms with Crippen LogP contribution in [0.5, 0.6) is 0 Å². The molecule has 1 N–H and O–H groups in total. The molecule has 4 nitrogen and oxygen atoms in total. The molecule has 0 amide bonds. The molecule has 0 fully saturated rings. The maximum atomic E-state index is 13.1. The third-order valence-electron chi connectivity index (χ3n) is 4.02. The Morgan fingerprint density at radius 1 is 1.08 bits per heavy atom. The SMILES string of the molecule is COCCNc1nc2ccccc2c2c(=O)c3ccccc3sc12. The van der Waals surface area contributed by atoms with E-state index in [2.05, 4.69) is 5.32 Å². The molecule has 0 aliphatic heterocycles. The minimum Gasteiger partial charge on any atom is -0.383 e. The Morgan fingerprint density at radius 3 is 2.67 bits per heavy atom. The molecule has 0 unspecified atom stereocenters. The van der Waals surface area contributed by atoms with Gasteiger partial charge in [-0.2, -0.15) is 0 Å². The third-order valence-corrected chi connectivity index (χ3v) is 5.19. The number of methoxy groups -OCH3 is 1. The third kappa shape index (κ3) is 2.42. The zero-order valence-corrected chi connectivity index (χ0v) is 14.0. The smallest absolute Gasteiger partial charge is 0.196 e. The van der Waals surface area contributed by atoms with E-state index in [1.165, 1.54) is 0 Å². The van der Waals surface area contributed by atoms with Gasteiger partial charge >= 0.3 is 0 Å². The summed E-state index contributed by atoms with van der Waals surface area (Å²) in [4.78, 5) is 17.8. The highest BCUT2D eigenvalue weighted by atomic mass is 32.1. The Labute approximate surface area is 142 Å². The molecular weight excluding hydrogens is 320 g/mol. The number of aromatic nitrogens is 1. The van der Waals surface area contributed by atoms with Crippen LogP contribution in [0.1, 0.15) is 0 Å². The van der Waals surface area contributed by atoms with Crippen LogP contribution in [0.2, 0.25) is 0 Å². The molecule has 0 spiro atoms. The maximum Gasteiger partial charge on any atom is 0.196 e. The van der Waals surface area contributed by atoms with E-state index >= 15 is 0 Å². The maximum absolute atomic E-state index is 13.1. The second kappa shape index (κ2) is 6.19. The van der Waals surface area contributed by atoms with Gasteiger partial charge in [-0.15, -0.1) is 11.3 Å². The lowest BCUT2D eigenvalue weighted by Crippen LogP contribution is -2.11. The van der Waals surface area contributed by atoms with Crippen molar-refractivity contribution in [2.45, 2.75) is 0 Å². The first-order valence-electron chi connectivity index (χ1n) is 7.76. The molecule has 0 radical (unpaired) electrons. The van der Waals surface area contributed by atoms with Crippen molar-refractivity contribution in [1.29, 1.82) is 0 Å². The van der Waals surface area contributed by atoms with Gasteiger partial charge in [0.2, 0.25) is 0 Å². The van der Waals surface area contributed by atoms with Crippen LogP contribution >= 0.6 is 11.3 Å². The first-order chi connectivity index (χ1) is 11.8. The molecule has 0 saturated carbocycles. The first kappa shape index (κ1) is 15.1. The molecule has 120 valence electrons. The lowest BCUT2D eigenvalue weighted by atomic mass is 10.1. The molecule has 4 aromatic rings. The van der Waals surface area contributed by atoms with E-state index in [4.69, 9.17) is 9.72 Å². The van der Waals surface area contributed by atoms with Crippen LogP contribution < -0.4 is 10.7 Å². The van der Waals surface area contributed by atoms with Gasteiger partial charge in [0, 0.05) is 29.1 Å². The highest BCUT2D eigenvalue weighted by Crippen LogP contribution is 2.33. The summed E-state index contributed by atoms with van der Waals surface area (Å²) < 4.78 is 6.98. The Balaban J connectivity index is 2.11. The molecule has 0 bridgehead atoms. The van der Waals surface area contributed by atoms with Gasteiger partial charge in [-0.05, 0) is 18.2 Å². The summed E-state index contributed by atoms with van der Waals surface area (Å²) in [5.41, 5.74) is 0.886. The van der Waals surface area contributed by atoms with Crippen molar-refractivity contribution >= 4 is 48.2 Å². The van der Waals surface area contributed by atoms with E-state index in [0.717, 1.165) is 36.9 Å². The summed E-state index contributed by atoms with van der Waals surface area (Å²) in [6.45, 7) is 1.23. The molecule has 0 aliphatic carbocycles. The van der Waals surface area contributed by atoms with Crippen LogP contribution in [0.25, 0.3) is 31.1 Å². The Hall–Kier alpha value is -2.50. The van der Waals surface area contributed by atoms with Crippen LogP contribution in [0.15, 0.2) is 53.3 Å². The molecule has 0 aliphatic rings. The second-order valence-corrected chi connectivity index (χ2v) is 6.58. The largest absolute Gasteiger partial charge is 0.383 e. The van der Waals surface area contributed by atoms with Crippen molar-refractivity contribution in [2.24, 2.45) is 0 Å². The molecule has 2 heterocycles. The fraction of sp³-hybridized carbons (Fsp3) is 0.158. The number of fused-ring (bicyclic) bond motifs is 4. The molecular formula is C19H16N2O2S. The number of benzene rings is 2. The second-order valence-electron chi connectivity index (χ2n) is 5.53. The van der Waals surface area contributed by atoms with Crippen molar-refractivity contribution < 1.29 is 4.74 Å². The molecule has 0 saturated heterocycles. The Kier molecular flexibility index (Phi) is 3.88. The van der Waals surface area contributed by atoms with Crippen LogP contribution in [0.4, 0.5) is 5.82 Å². The van der Waals surface area contributed by atoms with Gasteiger partial charge in [-0.3, -0.25) is 4.79 Å².